The van der Waals surface area contributed by atoms with Crippen molar-refractivity contribution >= 4 is 29.4 Å². The Morgan fingerprint density at radius 2 is 1.49 bits per heavy atom. The van der Waals surface area contributed by atoms with Crippen molar-refractivity contribution < 1.29 is 42.9 Å². The fourth-order valence-electron chi connectivity index (χ4n) is 7.69. The van der Waals surface area contributed by atoms with Gasteiger partial charge in [0.25, 0.3) is 0 Å². The van der Waals surface area contributed by atoms with Crippen molar-refractivity contribution in [1.82, 2.24) is 25.8 Å². The maximum atomic E-state index is 14.4. The summed E-state index contributed by atoms with van der Waals surface area (Å²) in [4.78, 5) is 72.0. The molecule has 0 aliphatic carbocycles. The van der Waals surface area contributed by atoms with E-state index < -0.39 is 54.2 Å². The monoisotopic (exact) mass is 776 g/mol. The van der Waals surface area contributed by atoms with Crippen LogP contribution in [-0.4, -0.2) is 137 Å². The summed E-state index contributed by atoms with van der Waals surface area (Å²) in [6.45, 7) is 15.3. The molecular formula is C41H69N5O9. The number of rotatable bonds is 22. The number of carbonyl (C=O) groups is 5. The highest BCUT2D eigenvalue weighted by Gasteiger charge is 2.46. The summed E-state index contributed by atoms with van der Waals surface area (Å²) >= 11 is 0. The van der Waals surface area contributed by atoms with Crippen LogP contribution in [0.15, 0.2) is 24.3 Å². The number of likely N-dealkylation sites (tertiary alicyclic amines) is 1. The molecule has 0 spiro atoms. The molecule has 14 heteroatoms. The largest absolute Gasteiger partial charge is 0.496 e. The van der Waals surface area contributed by atoms with E-state index >= 15 is 0 Å². The molecule has 1 heterocycles. The Kier molecular flexibility index (Phi) is 19.2. The third kappa shape index (κ3) is 12.0. The van der Waals surface area contributed by atoms with Crippen LogP contribution < -0.4 is 20.7 Å². The van der Waals surface area contributed by atoms with Crippen molar-refractivity contribution in [3.63, 3.8) is 0 Å². The summed E-state index contributed by atoms with van der Waals surface area (Å²) in [5.74, 6) is -2.03. The van der Waals surface area contributed by atoms with Crippen LogP contribution >= 0.6 is 0 Å². The molecule has 312 valence electrons. The highest BCUT2D eigenvalue weighted by molar-refractivity contribution is 6.03. The first-order valence-electron chi connectivity index (χ1n) is 19.5. The summed E-state index contributed by atoms with van der Waals surface area (Å²) in [6, 6.07) is 3.71. The van der Waals surface area contributed by atoms with Crippen molar-refractivity contribution in [1.29, 1.82) is 0 Å². The van der Waals surface area contributed by atoms with E-state index in [1.54, 1.807) is 69.1 Å². The lowest BCUT2D eigenvalue weighted by Gasteiger charge is -2.41. The molecule has 55 heavy (non-hydrogen) atoms. The predicted molar refractivity (Wildman–Crippen MR) is 212 cm³/mol. The zero-order valence-electron chi connectivity index (χ0n) is 35.6. The average molecular weight is 776 g/mol. The number of benzene rings is 1. The minimum absolute atomic E-state index is 0.0154. The second-order valence-corrected chi connectivity index (χ2v) is 15.5. The van der Waals surface area contributed by atoms with Gasteiger partial charge in [-0.1, -0.05) is 67.0 Å². The molecule has 1 aromatic carbocycles. The fraction of sp³-hybridized carbons (Fsp3) is 0.732. The van der Waals surface area contributed by atoms with E-state index in [4.69, 9.17) is 18.9 Å². The topological polar surface area (TPSA) is 165 Å². The third-order valence-electron chi connectivity index (χ3n) is 11.2. The first-order valence-corrected chi connectivity index (χ1v) is 19.5. The summed E-state index contributed by atoms with van der Waals surface area (Å²) in [7, 11) is 9.53. The zero-order chi connectivity index (χ0) is 41.7. The van der Waals surface area contributed by atoms with Crippen molar-refractivity contribution in [3.05, 3.63) is 29.8 Å². The van der Waals surface area contributed by atoms with Crippen molar-refractivity contribution in [2.45, 2.75) is 123 Å². The minimum Gasteiger partial charge on any atom is -0.496 e. The van der Waals surface area contributed by atoms with E-state index in [-0.39, 0.29) is 60.3 Å². The molecule has 1 unspecified atom stereocenters. The average Bonchev–Trinajstić information content (AvgIpc) is 3.60. The van der Waals surface area contributed by atoms with Gasteiger partial charge in [0, 0.05) is 34.9 Å². The number of Topliss-reactive ketones (excluding diaryl/α,β-unsaturated/α-hetero) is 1. The Morgan fingerprint density at radius 3 is 2.00 bits per heavy atom. The molecular weight excluding hydrogens is 706 g/mol. The van der Waals surface area contributed by atoms with Gasteiger partial charge in [0.2, 0.25) is 23.6 Å². The lowest BCUT2D eigenvalue weighted by molar-refractivity contribution is -0.148. The molecule has 0 bridgehead atoms. The summed E-state index contributed by atoms with van der Waals surface area (Å²) in [6.07, 6.45) is -0.628. The number of carbonyl (C=O) groups excluding carboxylic acids is 5. The van der Waals surface area contributed by atoms with E-state index in [0.717, 1.165) is 0 Å². The van der Waals surface area contributed by atoms with Gasteiger partial charge in [0.15, 0.2) is 5.78 Å². The number of hydrogen-bond donors (Lipinski definition) is 3. The highest BCUT2D eigenvalue weighted by atomic mass is 16.5. The number of ketones is 1. The summed E-state index contributed by atoms with van der Waals surface area (Å²) in [5.41, 5.74) is 0.359. The molecule has 1 aliphatic heterocycles. The van der Waals surface area contributed by atoms with Crippen LogP contribution in [0.25, 0.3) is 0 Å². The van der Waals surface area contributed by atoms with E-state index in [0.29, 0.717) is 24.2 Å². The van der Waals surface area contributed by atoms with Gasteiger partial charge in [-0.2, -0.15) is 0 Å². The van der Waals surface area contributed by atoms with Crippen molar-refractivity contribution in [3.8, 4) is 5.75 Å². The van der Waals surface area contributed by atoms with Crippen LogP contribution in [0, 0.1) is 23.7 Å². The van der Waals surface area contributed by atoms with E-state index in [9.17, 15) is 24.0 Å². The second-order valence-electron chi connectivity index (χ2n) is 15.5. The molecule has 10 atom stereocenters. The van der Waals surface area contributed by atoms with Gasteiger partial charge < -0.3 is 44.7 Å². The second kappa shape index (κ2) is 22.2. The number of hydrogen-bond acceptors (Lipinski definition) is 10. The fourth-order valence-corrected chi connectivity index (χ4v) is 7.69. The van der Waals surface area contributed by atoms with Crippen LogP contribution in [0.1, 0.15) is 85.0 Å². The first-order chi connectivity index (χ1) is 25.9. The standard InChI is InChI=1S/C41H69N5O9/c1-15-25(6)36(45(10)41(51)35(24(4)5)44-40(50)34(42-9)23(2)3)32(54-13)21-33(47)46-22-28(52-11)20-30(46)38(55-14)26(7)39(49)43-27(8)37(48)29-18-16-17-19-31(29)53-12/h16-19,23-28,30,32,34-36,38,42H,15,20-22H2,1-14H3,(H,43,49)(H,44,50)/t25-,26+,27+,28+,30+,32+,34-,35?,36-,38+/m0/s1. The number of methoxy groups -OCH3 is 4. The smallest absolute Gasteiger partial charge is 0.245 e. The molecule has 1 aliphatic rings. The number of amides is 4. The Labute approximate surface area is 329 Å². The van der Waals surface area contributed by atoms with Gasteiger partial charge in [-0.3, -0.25) is 24.0 Å². The zero-order valence-corrected chi connectivity index (χ0v) is 35.6. The molecule has 1 aromatic rings. The number of likely N-dealkylation sites (N-methyl/N-ethyl adjacent to an activating group) is 2. The Balaban J connectivity index is 2.34. The quantitative estimate of drug-likeness (QED) is 0.149. The lowest BCUT2D eigenvalue weighted by Crippen LogP contribution is -2.59. The summed E-state index contributed by atoms with van der Waals surface area (Å²) < 4.78 is 23.0. The molecule has 1 saturated heterocycles. The van der Waals surface area contributed by atoms with E-state index in [1.807, 2.05) is 41.5 Å². The van der Waals surface area contributed by atoms with Gasteiger partial charge in [-0.05, 0) is 50.3 Å². The number of para-hydroxylation sites is 1. The molecule has 4 amide bonds. The molecule has 2 rings (SSSR count). The minimum atomic E-state index is -0.847. The number of nitrogens with one attached hydrogen (secondary N) is 3. The van der Waals surface area contributed by atoms with Crippen LogP contribution in [-0.2, 0) is 33.4 Å². The van der Waals surface area contributed by atoms with Crippen LogP contribution in [0.4, 0.5) is 0 Å². The molecule has 3 N–H and O–H groups in total. The van der Waals surface area contributed by atoms with Gasteiger partial charge in [0.05, 0.1) is 67.5 Å². The maximum absolute atomic E-state index is 14.4. The van der Waals surface area contributed by atoms with Gasteiger partial charge >= 0.3 is 0 Å². The van der Waals surface area contributed by atoms with E-state index in [1.165, 1.54) is 21.3 Å². The lowest BCUT2D eigenvalue weighted by atomic mass is 9.89. The molecule has 0 radical (unpaired) electrons. The Hall–Kier alpha value is -3.59. The van der Waals surface area contributed by atoms with Gasteiger partial charge in [0.1, 0.15) is 11.8 Å². The van der Waals surface area contributed by atoms with Crippen molar-refractivity contribution in [2.75, 3.05) is 49.1 Å². The van der Waals surface area contributed by atoms with Crippen LogP contribution in [0.3, 0.4) is 0 Å². The molecule has 0 aromatic heterocycles. The van der Waals surface area contributed by atoms with Crippen LogP contribution in [0.5, 0.6) is 5.75 Å². The van der Waals surface area contributed by atoms with Crippen molar-refractivity contribution in [2.24, 2.45) is 23.7 Å². The highest BCUT2D eigenvalue weighted by Crippen LogP contribution is 2.31. The molecule has 14 nitrogen and oxygen atoms in total. The normalized spacial score (nSPS) is 20.2. The van der Waals surface area contributed by atoms with E-state index in [2.05, 4.69) is 16.0 Å². The SMILES string of the molecule is CC[C@H](C)[C@@H]([C@@H](CC(=O)N1C[C@H](OC)C[C@@H]1[C@H](OC)[C@@H](C)C(=O)N[C@H](C)C(=O)c1ccccc1OC)OC)N(C)C(=O)C(NC(=O)[C@@H](NC)C(C)C)C(C)C. The number of nitrogens with zero attached hydrogens (tertiary/aromatic N) is 2. The predicted octanol–water partition coefficient (Wildman–Crippen LogP) is 3.31. The van der Waals surface area contributed by atoms with Gasteiger partial charge in [-0.15, -0.1) is 0 Å². The third-order valence-corrected chi connectivity index (χ3v) is 11.2. The first kappa shape index (κ1) is 47.6. The molecule has 1 fully saturated rings. The maximum Gasteiger partial charge on any atom is 0.245 e. The van der Waals surface area contributed by atoms with Crippen LogP contribution in [0.2, 0.25) is 0 Å². The number of ether oxygens (including phenoxy) is 4. The molecule has 0 saturated carbocycles. The Bertz CT molecular complexity index is 1420. The summed E-state index contributed by atoms with van der Waals surface area (Å²) in [5, 5.41) is 8.85. The Morgan fingerprint density at radius 1 is 0.873 bits per heavy atom. The van der Waals surface area contributed by atoms with Gasteiger partial charge in [-0.25, -0.2) is 0 Å².